The normalized spacial score (nSPS) is 17.9. The Balaban J connectivity index is 1.73. The summed E-state index contributed by atoms with van der Waals surface area (Å²) in [5.41, 5.74) is -0.758. The summed E-state index contributed by atoms with van der Waals surface area (Å²) in [5.74, 6) is -1.82. The van der Waals surface area contributed by atoms with Crippen LogP contribution < -0.4 is 10.6 Å². The Labute approximate surface area is 144 Å². The Hall–Kier alpha value is -2.06. The minimum atomic E-state index is -1.98. The van der Waals surface area contributed by atoms with Crippen LogP contribution in [0.15, 0.2) is 24.3 Å². The third-order valence-electron chi connectivity index (χ3n) is 4.50. The standard InChI is InChI=1S/C17H22F2N2O4/c18-12-4-2-11(3-5-12)14(19)15(24)20-8-13(23)9-21-16(25)17(10-22)6-1-7-17/h2-5,13-14,22-23H,1,6-10H2,(H,20,24)(H,21,25). The van der Waals surface area contributed by atoms with Crippen molar-refractivity contribution in [3.8, 4) is 0 Å². The Morgan fingerprint density at radius 1 is 1.16 bits per heavy atom. The highest BCUT2D eigenvalue weighted by molar-refractivity contribution is 5.84. The van der Waals surface area contributed by atoms with E-state index in [0.717, 1.165) is 18.6 Å². The van der Waals surface area contributed by atoms with E-state index in [-0.39, 0.29) is 31.2 Å². The van der Waals surface area contributed by atoms with Crippen LogP contribution in [0.5, 0.6) is 0 Å². The van der Waals surface area contributed by atoms with Crippen molar-refractivity contribution in [1.82, 2.24) is 10.6 Å². The van der Waals surface area contributed by atoms with Crippen molar-refractivity contribution in [2.75, 3.05) is 19.7 Å². The van der Waals surface area contributed by atoms with E-state index in [1.165, 1.54) is 12.1 Å². The average molecular weight is 356 g/mol. The maximum atomic E-state index is 14.0. The van der Waals surface area contributed by atoms with E-state index in [1.54, 1.807) is 0 Å². The average Bonchev–Trinajstić information content (AvgIpc) is 2.57. The molecule has 138 valence electrons. The number of nitrogens with one attached hydrogen (secondary N) is 2. The van der Waals surface area contributed by atoms with Crippen molar-refractivity contribution in [3.63, 3.8) is 0 Å². The van der Waals surface area contributed by atoms with E-state index in [0.29, 0.717) is 12.8 Å². The summed E-state index contributed by atoms with van der Waals surface area (Å²) < 4.78 is 26.8. The number of rotatable bonds is 8. The molecule has 8 heteroatoms. The molecule has 0 aromatic heterocycles. The van der Waals surface area contributed by atoms with Crippen molar-refractivity contribution in [2.45, 2.75) is 31.5 Å². The molecule has 25 heavy (non-hydrogen) atoms. The predicted octanol–water partition coefficient (Wildman–Crippen LogP) is 0.592. The fraction of sp³-hybridized carbons (Fsp3) is 0.529. The fourth-order valence-corrected chi connectivity index (χ4v) is 2.62. The van der Waals surface area contributed by atoms with Crippen LogP contribution in [-0.2, 0) is 9.59 Å². The van der Waals surface area contributed by atoms with Crippen LogP contribution in [0.1, 0.15) is 31.0 Å². The number of aliphatic hydroxyl groups is 2. The van der Waals surface area contributed by atoms with Gasteiger partial charge in [-0.2, -0.15) is 0 Å². The summed E-state index contributed by atoms with van der Waals surface area (Å²) in [6.07, 6.45) is -1.00. The zero-order valence-corrected chi connectivity index (χ0v) is 13.7. The minimum absolute atomic E-state index is 0.0107. The van der Waals surface area contributed by atoms with Crippen molar-refractivity contribution in [1.29, 1.82) is 0 Å². The van der Waals surface area contributed by atoms with Gasteiger partial charge in [0.1, 0.15) is 5.82 Å². The van der Waals surface area contributed by atoms with Crippen molar-refractivity contribution >= 4 is 11.8 Å². The Morgan fingerprint density at radius 3 is 2.28 bits per heavy atom. The molecule has 0 heterocycles. The SMILES string of the molecule is O=C(NCC(O)CNC(=O)C1(CO)CCC1)C(F)c1ccc(F)cc1. The summed E-state index contributed by atoms with van der Waals surface area (Å²) in [5, 5.41) is 23.9. The van der Waals surface area contributed by atoms with Crippen molar-refractivity contribution < 1.29 is 28.6 Å². The third kappa shape index (κ3) is 4.73. The molecule has 2 amide bonds. The van der Waals surface area contributed by atoms with Gasteiger partial charge in [-0.3, -0.25) is 9.59 Å². The number of alkyl halides is 1. The monoisotopic (exact) mass is 356 g/mol. The summed E-state index contributed by atoms with van der Waals surface area (Å²) in [4.78, 5) is 23.7. The Kier molecular flexibility index (Phi) is 6.44. The minimum Gasteiger partial charge on any atom is -0.395 e. The molecular weight excluding hydrogens is 334 g/mol. The second-order valence-corrected chi connectivity index (χ2v) is 6.32. The number of halogens is 2. The molecular formula is C17H22F2N2O4. The van der Waals surface area contributed by atoms with E-state index < -0.39 is 29.4 Å². The highest BCUT2D eigenvalue weighted by Gasteiger charge is 2.43. The van der Waals surface area contributed by atoms with Gasteiger partial charge >= 0.3 is 0 Å². The number of aliphatic hydroxyl groups excluding tert-OH is 2. The van der Waals surface area contributed by atoms with E-state index in [9.17, 15) is 28.6 Å². The smallest absolute Gasteiger partial charge is 0.259 e. The van der Waals surface area contributed by atoms with Crippen LogP contribution >= 0.6 is 0 Å². The molecule has 2 unspecified atom stereocenters. The van der Waals surface area contributed by atoms with Crippen LogP contribution in [0.2, 0.25) is 0 Å². The maximum Gasteiger partial charge on any atom is 0.259 e. The molecule has 1 fully saturated rings. The first kappa shape index (κ1) is 19.3. The zero-order valence-electron chi connectivity index (χ0n) is 13.7. The van der Waals surface area contributed by atoms with Crippen molar-refractivity contribution in [2.24, 2.45) is 5.41 Å². The number of hydrogen-bond acceptors (Lipinski definition) is 4. The summed E-state index contributed by atoms with van der Waals surface area (Å²) in [6.45, 7) is -0.603. The first-order chi connectivity index (χ1) is 11.9. The molecule has 0 aliphatic heterocycles. The van der Waals surface area contributed by atoms with Gasteiger partial charge in [-0.05, 0) is 30.5 Å². The van der Waals surface area contributed by atoms with Gasteiger partial charge in [0.05, 0.1) is 18.1 Å². The van der Waals surface area contributed by atoms with Crippen LogP contribution in [-0.4, -0.2) is 47.8 Å². The molecule has 0 bridgehead atoms. The van der Waals surface area contributed by atoms with Crippen molar-refractivity contribution in [3.05, 3.63) is 35.6 Å². The molecule has 0 spiro atoms. The lowest BCUT2D eigenvalue weighted by molar-refractivity contribution is -0.139. The van der Waals surface area contributed by atoms with Crippen LogP contribution in [0, 0.1) is 11.2 Å². The molecule has 2 atom stereocenters. The lowest BCUT2D eigenvalue weighted by Gasteiger charge is -2.38. The van der Waals surface area contributed by atoms with Gasteiger partial charge < -0.3 is 20.8 Å². The third-order valence-corrected chi connectivity index (χ3v) is 4.50. The number of hydrogen-bond donors (Lipinski definition) is 4. The van der Waals surface area contributed by atoms with Gasteiger partial charge in [0.2, 0.25) is 12.1 Å². The highest BCUT2D eigenvalue weighted by Crippen LogP contribution is 2.40. The lowest BCUT2D eigenvalue weighted by Crippen LogP contribution is -2.50. The molecule has 1 aliphatic rings. The second kappa shape index (κ2) is 8.35. The number of carbonyl (C=O) groups is 2. The van der Waals surface area contributed by atoms with Gasteiger partial charge in [-0.15, -0.1) is 0 Å². The lowest BCUT2D eigenvalue weighted by atomic mass is 9.68. The molecule has 0 radical (unpaired) electrons. The van der Waals surface area contributed by atoms with Gasteiger partial charge in [0.15, 0.2) is 0 Å². The van der Waals surface area contributed by atoms with Crippen LogP contribution in [0.25, 0.3) is 0 Å². The molecule has 2 rings (SSSR count). The topological polar surface area (TPSA) is 98.7 Å². The predicted molar refractivity (Wildman–Crippen MR) is 85.6 cm³/mol. The Bertz CT molecular complexity index is 600. The number of amides is 2. The second-order valence-electron chi connectivity index (χ2n) is 6.32. The highest BCUT2D eigenvalue weighted by atomic mass is 19.1. The van der Waals surface area contributed by atoms with E-state index >= 15 is 0 Å². The summed E-state index contributed by atoms with van der Waals surface area (Å²) in [6, 6.07) is 4.44. The summed E-state index contributed by atoms with van der Waals surface area (Å²) >= 11 is 0. The van der Waals surface area contributed by atoms with Gasteiger partial charge in [0.25, 0.3) is 5.91 Å². The van der Waals surface area contributed by atoms with E-state index in [4.69, 9.17) is 0 Å². The first-order valence-electron chi connectivity index (χ1n) is 8.12. The Morgan fingerprint density at radius 2 is 1.76 bits per heavy atom. The zero-order chi connectivity index (χ0) is 18.4. The number of benzene rings is 1. The van der Waals surface area contributed by atoms with E-state index in [2.05, 4.69) is 10.6 Å². The van der Waals surface area contributed by atoms with E-state index in [1.807, 2.05) is 0 Å². The largest absolute Gasteiger partial charge is 0.395 e. The van der Waals surface area contributed by atoms with Crippen LogP contribution in [0.4, 0.5) is 8.78 Å². The molecule has 6 nitrogen and oxygen atoms in total. The van der Waals surface area contributed by atoms with Gasteiger partial charge in [0, 0.05) is 13.1 Å². The fourth-order valence-electron chi connectivity index (χ4n) is 2.62. The molecule has 1 aromatic rings. The summed E-state index contributed by atoms with van der Waals surface area (Å²) in [7, 11) is 0. The molecule has 4 N–H and O–H groups in total. The molecule has 0 saturated heterocycles. The van der Waals surface area contributed by atoms with Gasteiger partial charge in [-0.1, -0.05) is 18.6 Å². The van der Waals surface area contributed by atoms with Gasteiger partial charge in [-0.25, -0.2) is 8.78 Å². The van der Waals surface area contributed by atoms with Crippen LogP contribution in [0.3, 0.4) is 0 Å². The number of carbonyl (C=O) groups excluding carboxylic acids is 2. The molecule has 1 saturated carbocycles. The molecule has 1 aromatic carbocycles. The first-order valence-corrected chi connectivity index (χ1v) is 8.12. The quantitative estimate of drug-likeness (QED) is 0.548. The molecule has 1 aliphatic carbocycles. The maximum absolute atomic E-state index is 14.0.